The van der Waals surface area contributed by atoms with Crippen molar-refractivity contribution in [3.63, 3.8) is 0 Å². The Hall–Kier alpha value is -0.630. The highest BCUT2D eigenvalue weighted by Gasteiger charge is 2.46. The summed E-state index contributed by atoms with van der Waals surface area (Å²) in [4.78, 5) is 12.6. The van der Waals surface area contributed by atoms with Gasteiger partial charge in [0, 0.05) is 10.1 Å². The van der Waals surface area contributed by atoms with Crippen LogP contribution in [0.5, 0.6) is 0 Å². The number of nitrogens with zero attached hydrogens (tertiary/aromatic N) is 1. The molecule has 1 heterocycles. The molecule has 6 heteroatoms. The highest BCUT2D eigenvalue weighted by atomic mass is 127. The van der Waals surface area contributed by atoms with E-state index >= 15 is 0 Å². The summed E-state index contributed by atoms with van der Waals surface area (Å²) >= 11 is 2.08. The fourth-order valence-corrected chi connectivity index (χ4v) is 6.60. The van der Waals surface area contributed by atoms with Crippen LogP contribution in [0.3, 0.4) is 0 Å². The van der Waals surface area contributed by atoms with Gasteiger partial charge in [0.2, 0.25) is 0 Å². The zero-order valence-electron chi connectivity index (χ0n) is 11.5. The van der Waals surface area contributed by atoms with E-state index in [1.165, 1.54) is 19.3 Å². The van der Waals surface area contributed by atoms with Crippen molar-refractivity contribution in [2.24, 2.45) is 17.8 Å². The molecule has 3 atom stereocenters. The van der Waals surface area contributed by atoms with Gasteiger partial charge in [0.25, 0.3) is 15.9 Å². The zero-order chi connectivity index (χ0) is 14.8. The average Bonchev–Trinajstić information content (AvgIpc) is 3.09. The summed E-state index contributed by atoms with van der Waals surface area (Å²) in [5.41, 5.74) is 0.332. The number of rotatable bonds is 2. The first-order valence-electron chi connectivity index (χ1n) is 7.33. The SMILES string of the molecule is O=C1c2ccc(I)cc2S(=O)(=O)N1CC1CC2CCC1C2. The van der Waals surface area contributed by atoms with Crippen molar-refractivity contribution in [1.82, 2.24) is 4.31 Å². The van der Waals surface area contributed by atoms with Crippen LogP contribution in [0, 0.1) is 21.3 Å². The maximum absolute atomic E-state index is 12.6. The van der Waals surface area contributed by atoms with Gasteiger partial charge in [0.1, 0.15) is 4.90 Å². The number of halogens is 1. The molecule has 2 fully saturated rings. The molecule has 2 bridgehead atoms. The molecule has 1 aromatic rings. The predicted molar refractivity (Wildman–Crippen MR) is 86.3 cm³/mol. The minimum Gasteiger partial charge on any atom is -0.268 e. The number of fused-ring (bicyclic) bond motifs is 3. The van der Waals surface area contributed by atoms with Crippen LogP contribution in [0.15, 0.2) is 23.1 Å². The lowest BCUT2D eigenvalue weighted by Crippen LogP contribution is -2.36. The second kappa shape index (κ2) is 4.68. The molecule has 0 N–H and O–H groups in total. The predicted octanol–water partition coefficient (Wildman–Crippen LogP) is 2.87. The maximum Gasteiger partial charge on any atom is 0.269 e. The van der Waals surface area contributed by atoms with Gasteiger partial charge in [0.15, 0.2) is 0 Å². The molecule has 21 heavy (non-hydrogen) atoms. The molecule has 0 spiro atoms. The van der Waals surface area contributed by atoms with Crippen molar-refractivity contribution in [2.75, 3.05) is 6.54 Å². The first kappa shape index (κ1) is 14.0. The number of carbonyl (C=O) groups excluding carboxylic acids is 1. The number of benzene rings is 1. The molecule has 3 aliphatic rings. The zero-order valence-corrected chi connectivity index (χ0v) is 14.4. The summed E-state index contributed by atoms with van der Waals surface area (Å²) in [6, 6.07) is 5.02. The standard InChI is InChI=1S/C15H16INO3S/c16-12-3-4-13-14(7-12)21(19,20)17(15(13)18)8-11-6-9-1-2-10(11)5-9/h3-4,7,9-11H,1-2,5-6,8H2. The third-order valence-corrected chi connectivity index (χ3v) is 7.71. The highest BCUT2D eigenvalue weighted by Crippen LogP contribution is 2.49. The minimum atomic E-state index is -3.64. The Balaban J connectivity index is 1.67. The normalized spacial score (nSPS) is 32.7. The summed E-state index contributed by atoms with van der Waals surface area (Å²) in [6.45, 7) is 0.369. The van der Waals surface area contributed by atoms with Gasteiger partial charge in [0.05, 0.1) is 5.56 Å². The molecule has 0 saturated heterocycles. The monoisotopic (exact) mass is 417 g/mol. The molecule has 4 nitrogen and oxygen atoms in total. The van der Waals surface area contributed by atoms with Crippen molar-refractivity contribution in [3.8, 4) is 0 Å². The second-order valence-electron chi connectivity index (χ2n) is 6.42. The molecule has 2 aliphatic carbocycles. The topological polar surface area (TPSA) is 54.5 Å². The number of hydrogen-bond donors (Lipinski definition) is 0. The fourth-order valence-electron chi connectivity index (χ4n) is 4.24. The fraction of sp³-hybridized carbons (Fsp3) is 0.533. The van der Waals surface area contributed by atoms with E-state index < -0.39 is 10.0 Å². The van der Waals surface area contributed by atoms with Crippen LogP contribution in [-0.2, 0) is 10.0 Å². The van der Waals surface area contributed by atoms with Crippen LogP contribution in [0.1, 0.15) is 36.0 Å². The van der Waals surface area contributed by atoms with E-state index in [9.17, 15) is 13.2 Å². The van der Waals surface area contributed by atoms with Gasteiger partial charge in [-0.15, -0.1) is 0 Å². The smallest absolute Gasteiger partial charge is 0.268 e. The van der Waals surface area contributed by atoms with Gasteiger partial charge in [-0.1, -0.05) is 6.42 Å². The van der Waals surface area contributed by atoms with Gasteiger partial charge in [-0.3, -0.25) is 4.79 Å². The minimum absolute atomic E-state index is 0.183. The molecular formula is C15H16INO3S. The summed E-state index contributed by atoms with van der Waals surface area (Å²) < 4.78 is 27.2. The van der Waals surface area contributed by atoms with E-state index in [1.807, 2.05) is 0 Å². The first-order valence-corrected chi connectivity index (χ1v) is 9.85. The molecule has 2 saturated carbocycles. The van der Waals surface area contributed by atoms with Gasteiger partial charge in [-0.05, 0) is 77.8 Å². The van der Waals surface area contributed by atoms with Gasteiger partial charge < -0.3 is 0 Å². The highest BCUT2D eigenvalue weighted by molar-refractivity contribution is 14.1. The molecule has 0 aromatic heterocycles. The van der Waals surface area contributed by atoms with Crippen molar-refractivity contribution in [2.45, 2.75) is 30.6 Å². The van der Waals surface area contributed by atoms with Crippen LogP contribution >= 0.6 is 22.6 Å². The van der Waals surface area contributed by atoms with Gasteiger partial charge in [-0.25, -0.2) is 12.7 Å². The van der Waals surface area contributed by atoms with Gasteiger partial charge in [-0.2, -0.15) is 0 Å². The Morgan fingerprint density at radius 1 is 1.24 bits per heavy atom. The second-order valence-corrected chi connectivity index (χ2v) is 9.49. The van der Waals surface area contributed by atoms with E-state index in [4.69, 9.17) is 0 Å². The molecule has 112 valence electrons. The Morgan fingerprint density at radius 3 is 2.71 bits per heavy atom. The molecule has 3 unspecified atom stereocenters. The van der Waals surface area contributed by atoms with Crippen LogP contribution in [0.25, 0.3) is 0 Å². The van der Waals surface area contributed by atoms with E-state index in [2.05, 4.69) is 22.6 Å². The molecule has 1 aromatic carbocycles. The molecule has 1 aliphatic heterocycles. The van der Waals surface area contributed by atoms with Crippen molar-refractivity contribution in [3.05, 3.63) is 27.3 Å². The average molecular weight is 417 g/mol. The molecular weight excluding hydrogens is 401 g/mol. The van der Waals surface area contributed by atoms with E-state index in [0.717, 1.165) is 20.2 Å². The van der Waals surface area contributed by atoms with Crippen molar-refractivity contribution in [1.29, 1.82) is 0 Å². The number of carbonyl (C=O) groups is 1. The summed E-state index contributed by atoms with van der Waals surface area (Å²) in [5.74, 6) is 1.38. The largest absolute Gasteiger partial charge is 0.269 e. The quantitative estimate of drug-likeness (QED) is 0.696. The third-order valence-electron chi connectivity index (χ3n) is 5.25. The Morgan fingerprint density at radius 2 is 2.05 bits per heavy atom. The number of amides is 1. The van der Waals surface area contributed by atoms with Crippen LogP contribution in [-0.4, -0.2) is 25.2 Å². The van der Waals surface area contributed by atoms with E-state index in [0.29, 0.717) is 23.9 Å². The van der Waals surface area contributed by atoms with Crippen LogP contribution in [0.2, 0.25) is 0 Å². The van der Waals surface area contributed by atoms with Crippen molar-refractivity contribution < 1.29 is 13.2 Å². The molecule has 1 amide bonds. The first-order chi connectivity index (χ1) is 9.96. The Kier molecular flexibility index (Phi) is 3.12. The lowest BCUT2D eigenvalue weighted by molar-refractivity contribution is 0.0845. The van der Waals surface area contributed by atoms with Crippen molar-refractivity contribution >= 4 is 38.5 Å². The number of hydrogen-bond acceptors (Lipinski definition) is 3. The lowest BCUT2D eigenvalue weighted by Gasteiger charge is -2.26. The Bertz CT molecular complexity index is 730. The van der Waals surface area contributed by atoms with Crippen LogP contribution < -0.4 is 0 Å². The van der Waals surface area contributed by atoms with Crippen LogP contribution in [0.4, 0.5) is 0 Å². The van der Waals surface area contributed by atoms with E-state index in [-0.39, 0.29) is 10.8 Å². The lowest BCUT2D eigenvalue weighted by atomic mass is 9.89. The summed E-state index contributed by atoms with van der Waals surface area (Å²) in [5, 5.41) is 0. The molecule has 4 rings (SSSR count). The third kappa shape index (κ3) is 2.05. The molecule has 0 radical (unpaired) electrons. The number of sulfonamides is 1. The van der Waals surface area contributed by atoms with E-state index in [1.54, 1.807) is 18.2 Å². The van der Waals surface area contributed by atoms with Gasteiger partial charge >= 0.3 is 0 Å². The maximum atomic E-state index is 12.6. The summed E-state index contributed by atoms with van der Waals surface area (Å²) in [7, 11) is -3.64. The summed E-state index contributed by atoms with van der Waals surface area (Å²) in [6.07, 6.45) is 4.78. The Labute approximate surface area is 138 Å².